The van der Waals surface area contributed by atoms with Gasteiger partial charge in [-0.15, -0.1) is 11.8 Å². The quantitative estimate of drug-likeness (QED) is 0.707. The van der Waals surface area contributed by atoms with Crippen LogP contribution in [0.1, 0.15) is 29.7 Å². The van der Waals surface area contributed by atoms with E-state index in [-0.39, 0.29) is 6.04 Å². The molecule has 0 aliphatic carbocycles. The highest BCUT2D eigenvalue weighted by Gasteiger charge is 2.24. The molecular weight excluding hydrogens is 190 g/mol. The van der Waals surface area contributed by atoms with E-state index in [1.54, 1.807) is 0 Å². The van der Waals surface area contributed by atoms with Crippen LogP contribution in [0.3, 0.4) is 0 Å². The molecule has 1 aromatic rings. The van der Waals surface area contributed by atoms with Crippen molar-refractivity contribution in [1.29, 1.82) is 0 Å². The topological polar surface area (TPSA) is 26.0 Å². The van der Waals surface area contributed by atoms with Gasteiger partial charge in [0.2, 0.25) is 0 Å². The number of fused-ring (bicyclic) bond motifs is 1. The molecule has 0 fully saturated rings. The summed E-state index contributed by atoms with van der Waals surface area (Å²) in [6.45, 7) is 6.56. The molecule has 2 rings (SSSR count). The Labute approximate surface area is 90.1 Å². The number of thioether (sulfide) groups is 1. The molecule has 0 amide bonds. The summed E-state index contributed by atoms with van der Waals surface area (Å²) in [6, 6.07) is 4.72. The van der Waals surface area contributed by atoms with Crippen molar-refractivity contribution in [2.45, 2.75) is 31.7 Å². The van der Waals surface area contributed by atoms with Gasteiger partial charge in [-0.2, -0.15) is 0 Å². The van der Waals surface area contributed by atoms with E-state index in [2.05, 4.69) is 32.9 Å². The average Bonchev–Trinajstić information content (AvgIpc) is 2.12. The SMILES string of the molecule is Cc1cc(C)c2c(c1)C(N)C(C)CS2. The average molecular weight is 207 g/mol. The normalized spacial score (nSPS) is 26.0. The summed E-state index contributed by atoms with van der Waals surface area (Å²) in [6.07, 6.45) is 0. The van der Waals surface area contributed by atoms with E-state index in [9.17, 15) is 0 Å². The minimum absolute atomic E-state index is 0.227. The van der Waals surface area contributed by atoms with Gasteiger partial charge in [0.15, 0.2) is 0 Å². The molecule has 14 heavy (non-hydrogen) atoms. The third-order valence-electron chi connectivity index (χ3n) is 2.91. The molecule has 76 valence electrons. The maximum Gasteiger partial charge on any atom is 0.0340 e. The maximum atomic E-state index is 6.21. The first-order valence-electron chi connectivity index (χ1n) is 5.09. The largest absolute Gasteiger partial charge is 0.324 e. The highest BCUT2D eigenvalue weighted by molar-refractivity contribution is 7.99. The second-order valence-corrected chi connectivity index (χ2v) is 5.34. The Bertz CT molecular complexity index is 360. The molecule has 1 aliphatic rings. The van der Waals surface area contributed by atoms with Crippen LogP contribution in [0.2, 0.25) is 0 Å². The van der Waals surface area contributed by atoms with Gasteiger partial charge in [-0.25, -0.2) is 0 Å². The van der Waals surface area contributed by atoms with E-state index in [0.29, 0.717) is 5.92 Å². The lowest BCUT2D eigenvalue weighted by Crippen LogP contribution is -2.25. The van der Waals surface area contributed by atoms with Crippen molar-refractivity contribution < 1.29 is 0 Å². The molecule has 1 aliphatic heterocycles. The molecule has 0 bridgehead atoms. The van der Waals surface area contributed by atoms with Crippen LogP contribution >= 0.6 is 11.8 Å². The Kier molecular flexibility index (Phi) is 2.58. The number of benzene rings is 1. The van der Waals surface area contributed by atoms with Crippen molar-refractivity contribution >= 4 is 11.8 Å². The summed E-state index contributed by atoms with van der Waals surface area (Å²) in [5.41, 5.74) is 10.3. The monoisotopic (exact) mass is 207 g/mol. The van der Waals surface area contributed by atoms with E-state index >= 15 is 0 Å². The Morgan fingerprint density at radius 3 is 2.79 bits per heavy atom. The van der Waals surface area contributed by atoms with E-state index in [4.69, 9.17) is 5.73 Å². The molecule has 1 nitrogen and oxygen atoms in total. The zero-order chi connectivity index (χ0) is 10.3. The number of hydrogen-bond donors (Lipinski definition) is 1. The fourth-order valence-electron chi connectivity index (χ4n) is 2.06. The fraction of sp³-hybridized carbons (Fsp3) is 0.500. The lowest BCUT2D eigenvalue weighted by Gasteiger charge is -2.29. The molecule has 2 unspecified atom stereocenters. The second-order valence-electron chi connectivity index (χ2n) is 4.31. The van der Waals surface area contributed by atoms with Gasteiger partial charge in [-0.3, -0.25) is 0 Å². The molecule has 0 aromatic heterocycles. The van der Waals surface area contributed by atoms with Crippen molar-refractivity contribution in [3.8, 4) is 0 Å². The van der Waals surface area contributed by atoms with Crippen LogP contribution in [0, 0.1) is 19.8 Å². The van der Waals surface area contributed by atoms with Gasteiger partial charge in [-0.05, 0) is 30.9 Å². The number of rotatable bonds is 0. The number of aryl methyl sites for hydroxylation is 2. The van der Waals surface area contributed by atoms with Crippen LogP contribution in [-0.2, 0) is 0 Å². The highest BCUT2D eigenvalue weighted by Crippen LogP contribution is 2.40. The predicted octanol–water partition coefficient (Wildman–Crippen LogP) is 3.05. The highest BCUT2D eigenvalue weighted by atomic mass is 32.2. The first kappa shape index (κ1) is 10.1. The van der Waals surface area contributed by atoms with E-state index in [1.165, 1.54) is 21.6 Å². The Morgan fingerprint density at radius 2 is 2.07 bits per heavy atom. The molecule has 0 saturated carbocycles. The molecular formula is C12H17NS. The smallest absolute Gasteiger partial charge is 0.0340 e. The summed E-state index contributed by atoms with van der Waals surface area (Å²) in [4.78, 5) is 1.42. The van der Waals surface area contributed by atoms with Crippen LogP contribution in [0.15, 0.2) is 17.0 Å². The third-order valence-corrected chi connectivity index (χ3v) is 4.45. The lowest BCUT2D eigenvalue weighted by atomic mass is 9.93. The minimum atomic E-state index is 0.227. The molecule has 2 N–H and O–H groups in total. The van der Waals surface area contributed by atoms with Gasteiger partial charge in [0.05, 0.1) is 0 Å². The molecule has 0 radical (unpaired) electrons. The van der Waals surface area contributed by atoms with Gasteiger partial charge in [0.25, 0.3) is 0 Å². The number of hydrogen-bond acceptors (Lipinski definition) is 2. The van der Waals surface area contributed by atoms with Crippen LogP contribution in [-0.4, -0.2) is 5.75 Å². The van der Waals surface area contributed by atoms with Gasteiger partial charge in [0, 0.05) is 16.7 Å². The van der Waals surface area contributed by atoms with Crippen molar-refractivity contribution in [2.75, 3.05) is 5.75 Å². The summed E-state index contributed by atoms with van der Waals surface area (Å²) in [5, 5.41) is 0. The molecule has 2 heteroatoms. The summed E-state index contributed by atoms with van der Waals surface area (Å²) < 4.78 is 0. The lowest BCUT2D eigenvalue weighted by molar-refractivity contribution is 0.506. The molecule has 0 saturated heterocycles. The summed E-state index contributed by atoms with van der Waals surface area (Å²) in [5.74, 6) is 1.74. The second kappa shape index (κ2) is 3.59. The summed E-state index contributed by atoms with van der Waals surface area (Å²) >= 11 is 1.96. The van der Waals surface area contributed by atoms with E-state index < -0.39 is 0 Å². The first-order valence-corrected chi connectivity index (χ1v) is 6.07. The Morgan fingerprint density at radius 1 is 1.36 bits per heavy atom. The minimum Gasteiger partial charge on any atom is -0.324 e. The van der Waals surface area contributed by atoms with Crippen LogP contribution < -0.4 is 5.73 Å². The summed E-state index contributed by atoms with van der Waals surface area (Å²) in [7, 11) is 0. The Balaban J connectivity index is 2.54. The molecule has 0 spiro atoms. The van der Waals surface area contributed by atoms with Gasteiger partial charge in [-0.1, -0.05) is 24.6 Å². The van der Waals surface area contributed by atoms with E-state index in [0.717, 1.165) is 5.75 Å². The molecule has 1 aromatic carbocycles. The van der Waals surface area contributed by atoms with Crippen LogP contribution in [0.5, 0.6) is 0 Å². The van der Waals surface area contributed by atoms with Gasteiger partial charge in [0.1, 0.15) is 0 Å². The standard InChI is InChI=1S/C12H17NS/c1-7-4-8(2)12-10(5-7)11(13)9(3)6-14-12/h4-5,9,11H,6,13H2,1-3H3. The van der Waals surface area contributed by atoms with Crippen molar-refractivity contribution in [2.24, 2.45) is 11.7 Å². The van der Waals surface area contributed by atoms with Gasteiger partial charge >= 0.3 is 0 Å². The zero-order valence-electron chi connectivity index (χ0n) is 9.00. The van der Waals surface area contributed by atoms with E-state index in [1.807, 2.05) is 11.8 Å². The maximum absolute atomic E-state index is 6.21. The number of nitrogens with two attached hydrogens (primary N) is 1. The molecule has 1 heterocycles. The predicted molar refractivity (Wildman–Crippen MR) is 62.7 cm³/mol. The zero-order valence-corrected chi connectivity index (χ0v) is 9.82. The third kappa shape index (κ3) is 1.57. The van der Waals surface area contributed by atoms with Crippen molar-refractivity contribution in [3.63, 3.8) is 0 Å². The van der Waals surface area contributed by atoms with Gasteiger partial charge < -0.3 is 5.73 Å². The first-order chi connectivity index (χ1) is 6.59. The van der Waals surface area contributed by atoms with Crippen molar-refractivity contribution in [3.05, 3.63) is 28.8 Å². The van der Waals surface area contributed by atoms with Crippen molar-refractivity contribution in [1.82, 2.24) is 0 Å². The van der Waals surface area contributed by atoms with Crippen LogP contribution in [0.25, 0.3) is 0 Å². The fourth-order valence-corrected chi connectivity index (χ4v) is 3.34. The molecule has 2 atom stereocenters. The Hall–Kier alpha value is -0.470. The van der Waals surface area contributed by atoms with Crippen LogP contribution in [0.4, 0.5) is 0 Å².